The molecular weight excluding hydrogens is 336 g/mol. The first kappa shape index (κ1) is 16.8. The molecule has 0 radical (unpaired) electrons. The smallest absolute Gasteiger partial charge is 0.227 e. The Balaban J connectivity index is 1.94. The van der Waals surface area contributed by atoms with E-state index in [4.69, 9.17) is 5.73 Å². The maximum atomic E-state index is 10.7. The number of thioether (sulfide) groups is 2. The van der Waals surface area contributed by atoms with E-state index in [9.17, 15) is 10.1 Å². The number of nitriles is 1. The molecule has 5 nitrogen and oxygen atoms in total. The van der Waals surface area contributed by atoms with Crippen molar-refractivity contribution in [3.8, 4) is 6.07 Å². The molecule has 0 aliphatic heterocycles. The number of rotatable bonds is 7. The Hall–Kier alpha value is -1.56. The van der Waals surface area contributed by atoms with Crippen LogP contribution >= 0.6 is 34.9 Å². The number of primary amides is 1. The lowest BCUT2D eigenvalue weighted by molar-refractivity contribution is -0.115. The summed E-state index contributed by atoms with van der Waals surface area (Å²) in [6, 6.07) is 10.4. The molecule has 1 aromatic heterocycles. The minimum atomic E-state index is -0.385. The standard InChI is InChI=1S/C14H14N4OS3/c1-9-2-4-10(5-3-9)6-11(7-15)21-14-18-17-13(22-14)20-8-12(16)19/h2-5,11H,6,8H2,1H3,(H2,16,19)/t11-/m0/s1. The van der Waals surface area contributed by atoms with Gasteiger partial charge in [-0.2, -0.15) is 5.26 Å². The van der Waals surface area contributed by atoms with Gasteiger partial charge in [-0.15, -0.1) is 10.2 Å². The Morgan fingerprint density at radius 2 is 2.05 bits per heavy atom. The molecule has 22 heavy (non-hydrogen) atoms. The number of aryl methyl sites for hydroxylation is 1. The van der Waals surface area contributed by atoms with Crippen molar-refractivity contribution in [2.45, 2.75) is 27.3 Å². The van der Waals surface area contributed by atoms with Crippen LogP contribution in [0.15, 0.2) is 32.9 Å². The van der Waals surface area contributed by atoms with Gasteiger partial charge in [0.05, 0.1) is 11.8 Å². The molecular formula is C14H14N4OS3. The first-order valence-electron chi connectivity index (χ1n) is 6.43. The van der Waals surface area contributed by atoms with Gasteiger partial charge in [-0.3, -0.25) is 4.79 Å². The molecule has 0 unspecified atom stereocenters. The minimum absolute atomic E-state index is 0.185. The summed E-state index contributed by atoms with van der Waals surface area (Å²) in [7, 11) is 0. The lowest BCUT2D eigenvalue weighted by Gasteiger charge is -2.06. The van der Waals surface area contributed by atoms with E-state index in [-0.39, 0.29) is 16.9 Å². The van der Waals surface area contributed by atoms with Gasteiger partial charge in [-0.1, -0.05) is 64.7 Å². The van der Waals surface area contributed by atoms with Crippen molar-refractivity contribution < 1.29 is 4.79 Å². The predicted molar refractivity (Wildman–Crippen MR) is 90.0 cm³/mol. The van der Waals surface area contributed by atoms with Crippen molar-refractivity contribution in [2.75, 3.05) is 5.75 Å². The topological polar surface area (TPSA) is 92.7 Å². The number of amides is 1. The van der Waals surface area contributed by atoms with Crippen LogP contribution in [-0.4, -0.2) is 27.1 Å². The van der Waals surface area contributed by atoms with Crippen LogP contribution in [0, 0.1) is 18.3 Å². The average Bonchev–Trinajstić information content (AvgIpc) is 2.94. The largest absolute Gasteiger partial charge is 0.369 e. The maximum Gasteiger partial charge on any atom is 0.227 e. The third-order valence-electron chi connectivity index (χ3n) is 2.65. The van der Waals surface area contributed by atoms with Gasteiger partial charge in [0, 0.05) is 0 Å². The second-order valence-electron chi connectivity index (χ2n) is 4.51. The number of hydrogen-bond acceptors (Lipinski definition) is 7. The molecule has 1 atom stereocenters. The highest BCUT2D eigenvalue weighted by Gasteiger charge is 2.15. The Morgan fingerprint density at radius 3 is 2.68 bits per heavy atom. The number of nitrogens with two attached hydrogens (primary N) is 1. The van der Waals surface area contributed by atoms with E-state index in [1.807, 2.05) is 31.2 Å². The highest BCUT2D eigenvalue weighted by Crippen LogP contribution is 2.32. The molecule has 0 saturated heterocycles. The summed E-state index contributed by atoms with van der Waals surface area (Å²) in [5.41, 5.74) is 7.42. The number of hydrogen-bond donors (Lipinski definition) is 1. The van der Waals surface area contributed by atoms with Gasteiger partial charge >= 0.3 is 0 Å². The number of carbonyl (C=O) groups excluding carboxylic acids is 1. The zero-order valence-corrected chi connectivity index (χ0v) is 14.3. The van der Waals surface area contributed by atoms with E-state index >= 15 is 0 Å². The fourth-order valence-electron chi connectivity index (χ4n) is 1.61. The molecule has 1 heterocycles. The van der Waals surface area contributed by atoms with Crippen molar-refractivity contribution in [1.29, 1.82) is 5.26 Å². The summed E-state index contributed by atoms with van der Waals surface area (Å²) in [6.45, 7) is 2.03. The third-order valence-corrected chi connectivity index (χ3v) is 5.91. The summed E-state index contributed by atoms with van der Waals surface area (Å²) in [5, 5.41) is 17.1. The number of aromatic nitrogens is 2. The van der Waals surface area contributed by atoms with E-state index < -0.39 is 0 Å². The predicted octanol–water partition coefficient (Wildman–Crippen LogP) is 2.65. The maximum absolute atomic E-state index is 10.7. The summed E-state index contributed by atoms with van der Waals surface area (Å²) < 4.78 is 1.42. The van der Waals surface area contributed by atoms with Gasteiger partial charge in [0.2, 0.25) is 5.91 Å². The van der Waals surface area contributed by atoms with Crippen LogP contribution in [0.3, 0.4) is 0 Å². The van der Waals surface area contributed by atoms with Crippen LogP contribution in [0.25, 0.3) is 0 Å². The summed E-state index contributed by atoms with van der Waals surface area (Å²) in [5.74, 6) is -0.201. The molecule has 2 N–H and O–H groups in total. The van der Waals surface area contributed by atoms with Crippen molar-refractivity contribution in [3.05, 3.63) is 35.4 Å². The van der Waals surface area contributed by atoms with Gasteiger partial charge < -0.3 is 5.73 Å². The SMILES string of the molecule is Cc1ccc(C[C@@H](C#N)Sc2nnc(SCC(N)=O)s2)cc1. The molecule has 114 valence electrons. The lowest BCUT2D eigenvalue weighted by Crippen LogP contribution is -2.12. The van der Waals surface area contributed by atoms with E-state index in [0.29, 0.717) is 10.8 Å². The zero-order chi connectivity index (χ0) is 15.9. The van der Waals surface area contributed by atoms with Gasteiger partial charge in [-0.05, 0) is 18.9 Å². The van der Waals surface area contributed by atoms with Crippen molar-refractivity contribution in [1.82, 2.24) is 10.2 Å². The molecule has 1 aromatic carbocycles. The van der Waals surface area contributed by atoms with Crippen molar-refractivity contribution in [2.24, 2.45) is 5.73 Å². The van der Waals surface area contributed by atoms with Crippen molar-refractivity contribution in [3.63, 3.8) is 0 Å². The van der Waals surface area contributed by atoms with Gasteiger partial charge in [-0.25, -0.2) is 0 Å². The molecule has 0 fully saturated rings. The molecule has 8 heteroatoms. The van der Waals surface area contributed by atoms with Crippen LogP contribution < -0.4 is 5.73 Å². The number of carbonyl (C=O) groups is 1. The Bertz CT molecular complexity index is 678. The molecule has 0 aliphatic carbocycles. The normalized spacial score (nSPS) is 11.8. The Kier molecular flexibility index (Phi) is 6.24. The molecule has 0 bridgehead atoms. The third kappa shape index (κ3) is 5.33. The molecule has 1 amide bonds. The molecule has 0 spiro atoms. The highest BCUT2D eigenvalue weighted by atomic mass is 32.2. The fourth-order valence-corrected chi connectivity index (χ4v) is 4.53. The van der Waals surface area contributed by atoms with Crippen LogP contribution in [-0.2, 0) is 11.2 Å². The summed E-state index contributed by atoms with van der Waals surface area (Å²) >= 11 is 4.04. The summed E-state index contributed by atoms with van der Waals surface area (Å²) in [6.07, 6.45) is 0.658. The molecule has 2 rings (SSSR count). The molecule has 2 aromatic rings. The Morgan fingerprint density at radius 1 is 1.36 bits per heavy atom. The fraction of sp³-hybridized carbons (Fsp3) is 0.286. The van der Waals surface area contributed by atoms with Gasteiger partial charge in [0.1, 0.15) is 5.25 Å². The first-order valence-corrected chi connectivity index (χ1v) is 9.11. The van der Waals surface area contributed by atoms with E-state index in [1.165, 1.54) is 40.4 Å². The van der Waals surface area contributed by atoms with Crippen LogP contribution in [0.4, 0.5) is 0 Å². The lowest BCUT2D eigenvalue weighted by atomic mass is 10.1. The van der Waals surface area contributed by atoms with E-state index in [1.54, 1.807) is 0 Å². The van der Waals surface area contributed by atoms with Crippen molar-refractivity contribution >= 4 is 40.8 Å². The van der Waals surface area contributed by atoms with Crippen LogP contribution in [0.5, 0.6) is 0 Å². The minimum Gasteiger partial charge on any atom is -0.369 e. The van der Waals surface area contributed by atoms with E-state index in [2.05, 4.69) is 16.3 Å². The quantitative estimate of drug-likeness (QED) is 0.772. The number of nitrogens with zero attached hydrogens (tertiary/aromatic N) is 3. The zero-order valence-electron chi connectivity index (χ0n) is 11.9. The second-order valence-corrected chi connectivity index (χ2v) is 8.16. The summed E-state index contributed by atoms with van der Waals surface area (Å²) in [4.78, 5) is 10.7. The second kappa shape index (κ2) is 8.17. The molecule has 0 saturated carbocycles. The highest BCUT2D eigenvalue weighted by molar-refractivity contribution is 8.03. The monoisotopic (exact) mass is 350 g/mol. The number of benzene rings is 1. The van der Waals surface area contributed by atoms with Crippen LogP contribution in [0.1, 0.15) is 11.1 Å². The average molecular weight is 350 g/mol. The van der Waals surface area contributed by atoms with Gasteiger partial charge in [0.25, 0.3) is 0 Å². The van der Waals surface area contributed by atoms with Crippen LogP contribution in [0.2, 0.25) is 0 Å². The van der Waals surface area contributed by atoms with Gasteiger partial charge in [0.15, 0.2) is 8.68 Å². The molecule has 0 aliphatic rings. The van der Waals surface area contributed by atoms with E-state index in [0.717, 1.165) is 9.90 Å². The first-order chi connectivity index (χ1) is 10.6. The Labute approximate surface area is 141 Å².